The summed E-state index contributed by atoms with van der Waals surface area (Å²) in [5, 5.41) is 13.1. The van der Waals surface area contributed by atoms with Crippen LogP contribution in [0.4, 0.5) is 5.69 Å². The van der Waals surface area contributed by atoms with Gasteiger partial charge in [0.25, 0.3) is 5.69 Å². The first-order valence-corrected chi connectivity index (χ1v) is 6.65. The lowest BCUT2D eigenvalue weighted by Crippen LogP contribution is -2.13. The molecule has 0 aliphatic rings. The Balaban J connectivity index is 2.58. The Hall–Kier alpha value is -2.12. The molecule has 0 aliphatic heterocycles. The molecule has 1 heterocycles. The summed E-state index contributed by atoms with van der Waals surface area (Å²) in [6.45, 7) is 0. The number of nitro benzene ring substituents is 1. The highest BCUT2D eigenvalue weighted by atomic mass is 32.1. The number of rotatable bonds is 5. The third kappa shape index (κ3) is 2.59. The van der Waals surface area contributed by atoms with E-state index in [1.807, 2.05) is 17.5 Å². The molecule has 2 aromatic rings. The molecule has 7 heteroatoms. The number of thiophene rings is 1. The lowest BCUT2D eigenvalue weighted by Gasteiger charge is -2.14. The molecule has 0 fully saturated rings. The highest BCUT2D eigenvalue weighted by molar-refractivity contribution is 7.10. The number of hydrogen-bond donors (Lipinski definition) is 1. The van der Waals surface area contributed by atoms with Crippen LogP contribution in [0.1, 0.15) is 16.5 Å². The van der Waals surface area contributed by atoms with Crippen molar-refractivity contribution < 1.29 is 14.4 Å². The van der Waals surface area contributed by atoms with Crippen LogP contribution in [0.5, 0.6) is 11.5 Å². The normalized spacial score (nSPS) is 11.9. The van der Waals surface area contributed by atoms with Gasteiger partial charge in [-0.15, -0.1) is 11.3 Å². The molecule has 0 radical (unpaired) electrons. The molecule has 0 saturated carbocycles. The molecule has 2 rings (SSSR count). The minimum atomic E-state index is -0.574. The van der Waals surface area contributed by atoms with E-state index in [0.717, 1.165) is 4.88 Å². The monoisotopic (exact) mass is 294 g/mol. The fourth-order valence-corrected chi connectivity index (χ4v) is 2.66. The summed E-state index contributed by atoms with van der Waals surface area (Å²) in [6, 6.07) is 6.01. The molecule has 0 aliphatic carbocycles. The van der Waals surface area contributed by atoms with Gasteiger partial charge < -0.3 is 15.2 Å². The van der Waals surface area contributed by atoms with Crippen LogP contribution in [0.3, 0.4) is 0 Å². The topological polar surface area (TPSA) is 87.6 Å². The van der Waals surface area contributed by atoms with E-state index in [0.29, 0.717) is 17.1 Å². The van der Waals surface area contributed by atoms with E-state index < -0.39 is 11.0 Å². The van der Waals surface area contributed by atoms with Gasteiger partial charge in [-0.1, -0.05) is 6.07 Å². The highest BCUT2D eigenvalue weighted by Gasteiger charge is 2.25. The van der Waals surface area contributed by atoms with Crippen LogP contribution >= 0.6 is 11.3 Å². The summed E-state index contributed by atoms with van der Waals surface area (Å²) in [5.41, 5.74) is 6.44. The average Bonchev–Trinajstić information content (AvgIpc) is 2.98. The molecule has 0 bridgehead atoms. The second-order valence-corrected chi connectivity index (χ2v) is 5.00. The van der Waals surface area contributed by atoms with Gasteiger partial charge in [-0.05, 0) is 17.5 Å². The lowest BCUT2D eigenvalue weighted by atomic mass is 10.0. The summed E-state index contributed by atoms with van der Waals surface area (Å²) in [4.78, 5) is 11.6. The first-order valence-electron chi connectivity index (χ1n) is 5.77. The van der Waals surface area contributed by atoms with E-state index in [1.165, 1.54) is 31.6 Å². The van der Waals surface area contributed by atoms with Crippen molar-refractivity contribution in [1.29, 1.82) is 0 Å². The molecule has 106 valence electrons. The Morgan fingerprint density at radius 2 is 1.95 bits per heavy atom. The molecule has 1 aromatic heterocycles. The van der Waals surface area contributed by atoms with Crippen LogP contribution in [-0.4, -0.2) is 19.1 Å². The second-order valence-electron chi connectivity index (χ2n) is 4.02. The molecule has 0 unspecified atom stereocenters. The second kappa shape index (κ2) is 5.89. The summed E-state index contributed by atoms with van der Waals surface area (Å²) in [5.74, 6) is 0.724. The Labute approximate surface area is 119 Å². The molecule has 2 N–H and O–H groups in total. The number of nitro groups is 1. The van der Waals surface area contributed by atoms with Crippen molar-refractivity contribution in [2.75, 3.05) is 14.2 Å². The highest BCUT2D eigenvalue weighted by Crippen LogP contribution is 2.39. The van der Waals surface area contributed by atoms with Gasteiger partial charge >= 0.3 is 0 Å². The molecule has 1 atom stereocenters. The minimum Gasteiger partial charge on any atom is -0.493 e. The number of nitrogens with zero attached hydrogens (tertiary/aromatic N) is 1. The number of methoxy groups -OCH3 is 2. The molecule has 1 aromatic carbocycles. The molecule has 20 heavy (non-hydrogen) atoms. The van der Waals surface area contributed by atoms with Crippen molar-refractivity contribution in [3.63, 3.8) is 0 Å². The predicted molar refractivity (Wildman–Crippen MR) is 76.5 cm³/mol. The van der Waals surface area contributed by atoms with Crippen molar-refractivity contribution in [2.45, 2.75) is 6.04 Å². The molecule has 6 nitrogen and oxygen atoms in total. The van der Waals surface area contributed by atoms with Gasteiger partial charge in [0, 0.05) is 4.88 Å². The summed E-state index contributed by atoms with van der Waals surface area (Å²) >= 11 is 1.45. The predicted octanol–water partition coefficient (Wildman–Crippen LogP) is 2.72. The van der Waals surface area contributed by atoms with Crippen molar-refractivity contribution in [3.8, 4) is 11.5 Å². The van der Waals surface area contributed by atoms with Crippen molar-refractivity contribution in [1.82, 2.24) is 0 Å². The SMILES string of the molecule is COc1cc([C@H](N)c2cccs2)c([N+](=O)[O-])cc1OC. The van der Waals surface area contributed by atoms with Gasteiger partial charge in [-0.25, -0.2) is 0 Å². The standard InChI is InChI=1S/C13H14N2O4S/c1-18-10-6-8(13(14)12-4-3-5-20-12)9(15(16)17)7-11(10)19-2/h3-7,13H,14H2,1-2H3/t13-/m0/s1. The van der Waals surface area contributed by atoms with E-state index in [2.05, 4.69) is 0 Å². The Bertz CT molecular complexity index is 613. The quantitative estimate of drug-likeness (QED) is 0.676. The van der Waals surface area contributed by atoms with Gasteiger partial charge in [-0.2, -0.15) is 0 Å². The zero-order valence-electron chi connectivity index (χ0n) is 11.0. The largest absolute Gasteiger partial charge is 0.493 e. The van der Waals surface area contributed by atoms with E-state index >= 15 is 0 Å². The van der Waals surface area contributed by atoms with E-state index in [4.69, 9.17) is 15.2 Å². The molecular formula is C13H14N2O4S. The third-order valence-electron chi connectivity index (χ3n) is 2.91. The van der Waals surface area contributed by atoms with Crippen molar-refractivity contribution in [3.05, 3.63) is 50.2 Å². The first kappa shape index (κ1) is 14.3. The van der Waals surface area contributed by atoms with Gasteiger partial charge in [0.15, 0.2) is 11.5 Å². The molecular weight excluding hydrogens is 280 g/mol. The van der Waals surface area contributed by atoms with Gasteiger partial charge in [-0.3, -0.25) is 10.1 Å². The minimum absolute atomic E-state index is 0.0800. The van der Waals surface area contributed by atoms with Crippen LogP contribution in [-0.2, 0) is 0 Å². The van der Waals surface area contributed by atoms with Crippen LogP contribution in [0.25, 0.3) is 0 Å². The maximum atomic E-state index is 11.2. The Morgan fingerprint density at radius 1 is 1.30 bits per heavy atom. The summed E-state index contributed by atoms with van der Waals surface area (Å²) < 4.78 is 10.3. The van der Waals surface area contributed by atoms with Crippen LogP contribution < -0.4 is 15.2 Å². The molecule has 0 amide bonds. The summed E-state index contributed by atoms with van der Waals surface area (Å²) in [6.07, 6.45) is 0. The maximum Gasteiger partial charge on any atom is 0.278 e. The molecule has 0 saturated heterocycles. The van der Waals surface area contributed by atoms with Crippen molar-refractivity contribution >= 4 is 17.0 Å². The van der Waals surface area contributed by atoms with Crippen LogP contribution in [0.2, 0.25) is 0 Å². The fraction of sp³-hybridized carbons (Fsp3) is 0.231. The van der Waals surface area contributed by atoms with E-state index in [9.17, 15) is 10.1 Å². The zero-order chi connectivity index (χ0) is 14.7. The van der Waals surface area contributed by atoms with Gasteiger partial charge in [0.05, 0.1) is 36.8 Å². The molecule has 0 spiro atoms. The van der Waals surface area contributed by atoms with Gasteiger partial charge in [0.1, 0.15) is 0 Å². The smallest absolute Gasteiger partial charge is 0.278 e. The zero-order valence-corrected chi connectivity index (χ0v) is 11.8. The van der Waals surface area contributed by atoms with Crippen LogP contribution in [0.15, 0.2) is 29.6 Å². The van der Waals surface area contributed by atoms with E-state index in [-0.39, 0.29) is 5.69 Å². The van der Waals surface area contributed by atoms with Crippen molar-refractivity contribution in [2.24, 2.45) is 5.73 Å². The average molecular weight is 294 g/mol. The Morgan fingerprint density at radius 3 is 2.45 bits per heavy atom. The third-order valence-corrected chi connectivity index (χ3v) is 3.87. The van der Waals surface area contributed by atoms with Gasteiger partial charge in [0.2, 0.25) is 0 Å². The number of hydrogen-bond acceptors (Lipinski definition) is 6. The Kier molecular flexibility index (Phi) is 4.21. The number of benzene rings is 1. The van der Waals surface area contributed by atoms with E-state index in [1.54, 1.807) is 6.07 Å². The summed E-state index contributed by atoms with van der Waals surface area (Å²) in [7, 11) is 2.91. The number of ether oxygens (including phenoxy) is 2. The lowest BCUT2D eigenvalue weighted by molar-refractivity contribution is -0.385. The first-order chi connectivity index (χ1) is 9.58. The van der Waals surface area contributed by atoms with Crippen LogP contribution in [0, 0.1) is 10.1 Å². The number of nitrogens with two attached hydrogens (primary N) is 1. The maximum absolute atomic E-state index is 11.2. The fourth-order valence-electron chi connectivity index (χ4n) is 1.91.